The molecule has 1 heterocycles. The number of aryl methyl sites for hydroxylation is 1. The molecule has 6 heteroatoms. The summed E-state index contributed by atoms with van der Waals surface area (Å²) >= 11 is 0. The third kappa shape index (κ3) is 2.36. The van der Waals surface area contributed by atoms with Gasteiger partial charge in [-0.3, -0.25) is 9.78 Å². The zero-order valence-corrected chi connectivity index (χ0v) is 9.32. The molecule has 0 atom stereocenters. The van der Waals surface area contributed by atoms with Crippen molar-refractivity contribution in [2.75, 3.05) is 16.8 Å². The summed E-state index contributed by atoms with van der Waals surface area (Å²) in [5.41, 5.74) is 12.5. The summed E-state index contributed by atoms with van der Waals surface area (Å²) in [4.78, 5) is 17.6. The van der Waals surface area contributed by atoms with Gasteiger partial charge < -0.3 is 16.8 Å². The van der Waals surface area contributed by atoms with Gasteiger partial charge in [-0.25, -0.2) is 0 Å². The first-order valence-corrected chi connectivity index (χ1v) is 5.05. The maximum absolute atomic E-state index is 11.4. The summed E-state index contributed by atoms with van der Waals surface area (Å²) in [6.45, 7) is 1.97. The van der Waals surface area contributed by atoms with Crippen molar-refractivity contribution in [3.05, 3.63) is 40.2 Å². The average molecular weight is 231 g/mol. The van der Waals surface area contributed by atoms with E-state index in [0.717, 1.165) is 11.3 Å². The van der Waals surface area contributed by atoms with Gasteiger partial charge in [0.15, 0.2) is 5.82 Å². The van der Waals surface area contributed by atoms with Crippen LogP contribution < -0.4 is 22.3 Å². The van der Waals surface area contributed by atoms with E-state index in [1.165, 1.54) is 0 Å². The minimum Gasteiger partial charge on any atom is -0.391 e. The lowest BCUT2D eigenvalue weighted by Gasteiger charge is -2.08. The molecule has 2 rings (SSSR count). The SMILES string of the molecule is Cc1cccc(Nc2nc(N)[nH]c(=O)c2N)c1. The molecule has 0 saturated carbocycles. The van der Waals surface area contributed by atoms with Gasteiger partial charge in [0.25, 0.3) is 5.56 Å². The van der Waals surface area contributed by atoms with E-state index in [2.05, 4.69) is 15.3 Å². The summed E-state index contributed by atoms with van der Waals surface area (Å²) in [5, 5.41) is 2.96. The lowest BCUT2D eigenvalue weighted by Crippen LogP contribution is -2.17. The monoisotopic (exact) mass is 231 g/mol. The van der Waals surface area contributed by atoms with Crippen molar-refractivity contribution in [1.82, 2.24) is 9.97 Å². The number of benzene rings is 1. The molecule has 0 radical (unpaired) electrons. The van der Waals surface area contributed by atoms with Crippen LogP contribution in [0.15, 0.2) is 29.1 Å². The highest BCUT2D eigenvalue weighted by Gasteiger charge is 2.06. The molecule has 0 bridgehead atoms. The molecule has 88 valence electrons. The van der Waals surface area contributed by atoms with Gasteiger partial charge in [0.05, 0.1) is 0 Å². The molecule has 1 aromatic carbocycles. The van der Waals surface area contributed by atoms with Gasteiger partial charge in [-0.05, 0) is 24.6 Å². The number of nitrogens with zero attached hydrogens (tertiary/aromatic N) is 1. The highest BCUT2D eigenvalue weighted by Crippen LogP contribution is 2.18. The second-order valence-electron chi connectivity index (χ2n) is 3.71. The molecule has 6 N–H and O–H groups in total. The summed E-state index contributed by atoms with van der Waals surface area (Å²) in [6.07, 6.45) is 0. The van der Waals surface area contributed by atoms with Crippen LogP contribution in [0, 0.1) is 6.92 Å². The fraction of sp³-hybridized carbons (Fsp3) is 0.0909. The topological polar surface area (TPSA) is 110 Å². The predicted molar refractivity (Wildman–Crippen MR) is 68.1 cm³/mol. The molecule has 2 aromatic rings. The van der Waals surface area contributed by atoms with Gasteiger partial charge in [0.2, 0.25) is 5.95 Å². The van der Waals surface area contributed by atoms with Crippen molar-refractivity contribution in [3.63, 3.8) is 0 Å². The number of anilines is 4. The molecule has 0 fully saturated rings. The number of rotatable bonds is 2. The lowest BCUT2D eigenvalue weighted by atomic mass is 10.2. The highest BCUT2D eigenvalue weighted by molar-refractivity contribution is 5.68. The Kier molecular flexibility index (Phi) is 2.70. The third-order valence-corrected chi connectivity index (χ3v) is 2.25. The second kappa shape index (κ2) is 4.17. The Bertz CT molecular complexity index is 605. The van der Waals surface area contributed by atoms with Crippen LogP contribution in [0.3, 0.4) is 0 Å². The van der Waals surface area contributed by atoms with Crippen molar-refractivity contribution in [2.45, 2.75) is 6.92 Å². The Morgan fingerprint density at radius 3 is 2.82 bits per heavy atom. The first kappa shape index (κ1) is 11.0. The maximum Gasteiger partial charge on any atom is 0.277 e. The Morgan fingerprint density at radius 2 is 2.12 bits per heavy atom. The van der Waals surface area contributed by atoms with Gasteiger partial charge in [-0.1, -0.05) is 12.1 Å². The fourth-order valence-corrected chi connectivity index (χ4v) is 1.45. The second-order valence-corrected chi connectivity index (χ2v) is 3.71. The van der Waals surface area contributed by atoms with Gasteiger partial charge in [-0.15, -0.1) is 0 Å². The van der Waals surface area contributed by atoms with E-state index in [1.807, 2.05) is 31.2 Å². The first-order chi connectivity index (χ1) is 8.06. The van der Waals surface area contributed by atoms with E-state index in [4.69, 9.17) is 11.5 Å². The zero-order valence-electron chi connectivity index (χ0n) is 9.32. The Balaban J connectivity index is 2.39. The Morgan fingerprint density at radius 1 is 1.35 bits per heavy atom. The van der Waals surface area contributed by atoms with Gasteiger partial charge in [0.1, 0.15) is 5.69 Å². The van der Waals surface area contributed by atoms with Crippen molar-refractivity contribution < 1.29 is 0 Å². The number of nitrogen functional groups attached to an aromatic ring is 2. The van der Waals surface area contributed by atoms with E-state index >= 15 is 0 Å². The van der Waals surface area contributed by atoms with Crippen LogP contribution in [0.5, 0.6) is 0 Å². The quantitative estimate of drug-likeness (QED) is 0.616. The molecule has 0 amide bonds. The number of nitrogens with two attached hydrogens (primary N) is 2. The van der Waals surface area contributed by atoms with E-state index in [-0.39, 0.29) is 17.5 Å². The number of nitrogens with one attached hydrogen (secondary N) is 2. The number of H-pyrrole nitrogens is 1. The summed E-state index contributed by atoms with van der Waals surface area (Å²) < 4.78 is 0. The minimum absolute atomic E-state index is 0.0145. The molecule has 0 saturated heterocycles. The van der Waals surface area contributed by atoms with E-state index < -0.39 is 5.56 Å². The fourth-order valence-electron chi connectivity index (χ4n) is 1.45. The third-order valence-electron chi connectivity index (χ3n) is 2.25. The molecular weight excluding hydrogens is 218 g/mol. The Hall–Kier alpha value is -2.50. The molecule has 1 aromatic heterocycles. The molecule has 0 aliphatic rings. The van der Waals surface area contributed by atoms with Gasteiger partial charge in [0, 0.05) is 5.69 Å². The van der Waals surface area contributed by atoms with Crippen LogP contribution in [0.4, 0.5) is 23.1 Å². The standard InChI is InChI=1S/C11H13N5O/c1-6-3-2-4-7(5-6)14-9-8(12)10(17)16-11(13)15-9/h2-5H,12H2,1H3,(H4,13,14,15,16,17). The number of hydrogen-bond donors (Lipinski definition) is 4. The smallest absolute Gasteiger partial charge is 0.277 e. The molecule has 0 aliphatic carbocycles. The van der Waals surface area contributed by atoms with Crippen LogP contribution in [0.2, 0.25) is 0 Å². The largest absolute Gasteiger partial charge is 0.391 e. The number of hydrogen-bond acceptors (Lipinski definition) is 5. The van der Waals surface area contributed by atoms with Gasteiger partial charge in [-0.2, -0.15) is 4.98 Å². The van der Waals surface area contributed by atoms with Crippen molar-refractivity contribution in [2.24, 2.45) is 0 Å². The molecule has 17 heavy (non-hydrogen) atoms. The first-order valence-electron chi connectivity index (χ1n) is 5.05. The van der Waals surface area contributed by atoms with Crippen molar-refractivity contribution >= 4 is 23.1 Å². The number of aromatic amines is 1. The minimum atomic E-state index is -0.451. The molecule has 0 spiro atoms. The van der Waals surface area contributed by atoms with Crippen LogP contribution in [0.1, 0.15) is 5.56 Å². The van der Waals surface area contributed by atoms with Crippen LogP contribution in [-0.4, -0.2) is 9.97 Å². The van der Waals surface area contributed by atoms with Gasteiger partial charge >= 0.3 is 0 Å². The molecular formula is C11H13N5O. The summed E-state index contributed by atoms with van der Waals surface area (Å²) in [7, 11) is 0. The zero-order chi connectivity index (χ0) is 12.4. The summed E-state index contributed by atoms with van der Waals surface area (Å²) in [5.74, 6) is 0.288. The van der Waals surface area contributed by atoms with E-state index in [1.54, 1.807) is 0 Å². The Labute approximate surface area is 97.7 Å². The van der Waals surface area contributed by atoms with E-state index in [0.29, 0.717) is 0 Å². The van der Waals surface area contributed by atoms with E-state index in [9.17, 15) is 4.79 Å². The summed E-state index contributed by atoms with van der Waals surface area (Å²) in [6, 6.07) is 7.63. The predicted octanol–water partition coefficient (Wildman–Crippen LogP) is 0.986. The molecule has 0 aliphatic heterocycles. The average Bonchev–Trinajstić information content (AvgIpc) is 2.25. The van der Waals surface area contributed by atoms with Crippen molar-refractivity contribution in [3.8, 4) is 0 Å². The van der Waals surface area contributed by atoms with Crippen molar-refractivity contribution in [1.29, 1.82) is 0 Å². The molecule has 0 unspecified atom stereocenters. The number of aromatic nitrogens is 2. The lowest BCUT2D eigenvalue weighted by molar-refractivity contribution is 1.14. The molecule has 6 nitrogen and oxygen atoms in total. The van der Waals surface area contributed by atoms with Crippen LogP contribution >= 0.6 is 0 Å². The van der Waals surface area contributed by atoms with Crippen LogP contribution in [-0.2, 0) is 0 Å². The van der Waals surface area contributed by atoms with Crippen LogP contribution in [0.25, 0.3) is 0 Å². The normalized spacial score (nSPS) is 10.2. The highest BCUT2D eigenvalue weighted by atomic mass is 16.1. The maximum atomic E-state index is 11.4.